The standard InChI is InChI=1S/C36H62O8S2Si2/c1-13-47(14-2,15-3)43-26-21-36(39)31(41-32(45)46-12)30-34(11,27(38)19-25(23(26)7)33(36,9)10)28(44-48(16-4,17-5)18-6)20-29-35(30,22-40-29)42-24(8)37/h26,28-31,39H,13-22H2,1-12H3/t26-,28-,29+,30?,31-,34+,35-,36+/m0/s1. The van der Waals surface area contributed by atoms with Gasteiger partial charge >= 0.3 is 5.97 Å². The first-order valence-electron chi connectivity index (χ1n) is 18.3. The maximum Gasteiger partial charge on any atom is 0.303 e. The van der Waals surface area contributed by atoms with Crippen LogP contribution in [-0.2, 0) is 32.7 Å². The van der Waals surface area contributed by atoms with Crippen molar-refractivity contribution in [2.75, 3.05) is 12.9 Å². The van der Waals surface area contributed by atoms with E-state index in [2.05, 4.69) is 48.5 Å². The summed E-state index contributed by atoms with van der Waals surface area (Å²) in [6.45, 7) is 22.8. The molecule has 0 amide bonds. The number of esters is 1. The van der Waals surface area contributed by atoms with Gasteiger partial charge in [-0.15, -0.1) is 0 Å². The molecule has 1 N–H and O–H groups in total. The summed E-state index contributed by atoms with van der Waals surface area (Å²) in [7, 11) is -4.38. The van der Waals surface area contributed by atoms with Gasteiger partial charge in [0, 0.05) is 31.6 Å². The second-order valence-electron chi connectivity index (χ2n) is 15.6. The van der Waals surface area contributed by atoms with Crippen LogP contribution in [0.2, 0.25) is 36.3 Å². The number of thioether (sulfide) groups is 1. The number of hydrogen-bond donors (Lipinski definition) is 1. The highest BCUT2D eigenvalue weighted by Gasteiger charge is 2.77. The van der Waals surface area contributed by atoms with Crippen LogP contribution >= 0.6 is 24.0 Å². The van der Waals surface area contributed by atoms with Crippen LogP contribution in [0.15, 0.2) is 11.1 Å². The van der Waals surface area contributed by atoms with Gasteiger partial charge < -0.3 is 28.2 Å². The Balaban J connectivity index is 2.07. The number of carbonyl (C=O) groups is 2. The number of hydrogen-bond acceptors (Lipinski definition) is 10. The maximum absolute atomic E-state index is 15.4. The Kier molecular flexibility index (Phi) is 12.1. The summed E-state index contributed by atoms with van der Waals surface area (Å²) in [5.74, 6) is -1.24. The van der Waals surface area contributed by atoms with Crippen molar-refractivity contribution in [2.45, 2.75) is 167 Å². The molecule has 8 atom stereocenters. The summed E-state index contributed by atoms with van der Waals surface area (Å²) in [4.78, 5) is 28.4. The molecule has 0 aromatic carbocycles. The van der Waals surface area contributed by atoms with Gasteiger partial charge in [-0.1, -0.05) is 72.7 Å². The number of aliphatic hydroxyl groups is 1. The Morgan fingerprint density at radius 2 is 1.54 bits per heavy atom. The largest absolute Gasteiger partial charge is 0.472 e. The fourth-order valence-corrected chi connectivity index (χ4v) is 15.9. The van der Waals surface area contributed by atoms with Crippen LogP contribution in [0.25, 0.3) is 0 Å². The minimum absolute atomic E-state index is 0.0133. The first kappa shape index (κ1) is 40.2. The van der Waals surface area contributed by atoms with Crippen LogP contribution in [0.1, 0.15) is 95.4 Å². The second kappa shape index (κ2) is 14.4. The normalized spacial score (nSPS) is 36.3. The summed E-state index contributed by atoms with van der Waals surface area (Å²) >= 11 is 7.06. The molecular weight excluding hydrogens is 681 g/mol. The van der Waals surface area contributed by atoms with Crippen molar-refractivity contribution >= 4 is 56.7 Å². The first-order chi connectivity index (χ1) is 22.4. The second-order valence-corrected chi connectivity index (χ2v) is 26.4. The zero-order valence-electron chi connectivity index (χ0n) is 31.6. The smallest absolute Gasteiger partial charge is 0.303 e. The highest BCUT2D eigenvalue weighted by atomic mass is 32.2. The number of rotatable bonds is 12. The zero-order chi connectivity index (χ0) is 36.1. The van der Waals surface area contributed by atoms with Crippen molar-refractivity contribution < 1.29 is 37.8 Å². The number of thiocarbonyl (C=S) groups is 1. The lowest BCUT2D eigenvalue weighted by molar-refractivity contribution is -0.342. The molecule has 1 saturated heterocycles. The average molecular weight is 743 g/mol. The molecule has 12 heteroatoms. The third-order valence-corrected chi connectivity index (χ3v) is 24.0. The van der Waals surface area contributed by atoms with Crippen LogP contribution in [0.4, 0.5) is 0 Å². The van der Waals surface area contributed by atoms with Crippen LogP contribution in [0.5, 0.6) is 0 Å². The van der Waals surface area contributed by atoms with E-state index in [1.807, 2.05) is 27.0 Å². The van der Waals surface area contributed by atoms with Crippen LogP contribution < -0.4 is 0 Å². The summed E-state index contributed by atoms with van der Waals surface area (Å²) in [5.41, 5.74) is -2.87. The molecule has 274 valence electrons. The molecule has 0 aromatic heterocycles. The lowest BCUT2D eigenvalue weighted by Gasteiger charge is -2.68. The van der Waals surface area contributed by atoms with Crippen LogP contribution in [0.3, 0.4) is 0 Å². The Morgan fingerprint density at radius 1 is 1.00 bits per heavy atom. The van der Waals surface area contributed by atoms with E-state index in [1.54, 1.807) is 0 Å². The third-order valence-electron chi connectivity index (χ3n) is 13.7. The van der Waals surface area contributed by atoms with Gasteiger partial charge in [-0.2, -0.15) is 0 Å². The van der Waals surface area contributed by atoms with Crippen molar-refractivity contribution in [3.8, 4) is 0 Å². The number of Topliss-reactive ketones (excluding diaryl/α,β-unsaturated/α-hetero) is 1. The minimum atomic E-state index is -2.25. The van der Waals surface area contributed by atoms with Crippen molar-refractivity contribution in [1.82, 2.24) is 0 Å². The van der Waals surface area contributed by atoms with Crippen molar-refractivity contribution in [3.05, 3.63) is 11.1 Å². The quantitative estimate of drug-likeness (QED) is 0.0917. The average Bonchev–Trinajstić information content (AvgIpc) is 3.05. The molecule has 1 aliphatic heterocycles. The molecule has 1 unspecified atom stereocenters. The van der Waals surface area contributed by atoms with Gasteiger partial charge in [0.25, 0.3) is 0 Å². The fraction of sp³-hybridized carbons (Fsp3) is 0.861. The number of carbonyl (C=O) groups excluding carboxylic acids is 2. The number of ether oxygens (including phenoxy) is 3. The first-order valence-corrected chi connectivity index (χ1v) is 25.0. The molecule has 1 heterocycles. The molecule has 0 spiro atoms. The van der Waals surface area contributed by atoms with Crippen molar-refractivity contribution in [2.24, 2.45) is 16.7 Å². The molecule has 48 heavy (non-hydrogen) atoms. The van der Waals surface area contributed by atoms with E-state index < -0.39 is 68.9 Å². The summed E-state index contributed by atoms with van der Waals surface area (Å²) in [5, 5.41) is 13.6. The van der Waals surface area contributed by atoms with E-state index in [-0.39, 0.29) is 35.7 Å². The monoisotopic (exact) mass is 742 g/mol. The highest BCUT2D eigenvalue weighted by Crippen LogP contribution is 2.65. The van der Waals surface area contributed by atoms with Gasteiger partial charge in [0.05, 0.1) is 30.1 Å². The third kappa shape index (κ3) is 6.17. The Labute approximate surface area is 301 Å². The SMILES string of the molecule is CC[Si](CC)(CC)O[C@H]1C[C@@]2(O)[C@@H](OC(=S)SC)C3[C@](C)(C(=O)CC(=C1C)C2(C)C)[C@@H](O[Si](CC)(CC)CC)C[C@H]1OC[C@@]31OC(C)=O. The summed E-state index contributed by atoms with van der Waals surface area (Å²) < 4.78 is 34.2. The van der Waals surface area contributed by atoms with Crippen molar-refractivity contribution in [1.29, 1.82) is 0 Å². The number of ketones is 1. The molecule has 4 aliphatic rings. The predicted molar refractivity (Wildman–Crippen MR) is 201 cm³/mol. The fourth-order valence-electron chi connectivity index (χ4n) is 9.74. The molecular formula is C36H62O8S2Si2. The maximum atomic E-state index is 15.4. The predicted octanol–water partition coefficient (Wildman–Crippen LogP) is 7.98. The van der Waals surface area contributed by atoms with E-state index in [0.717, 1.165) is 47.4 Å². The zero-order valence-corrected chi connectivity index (χ0v) is 35.2. The molecule has 3 aliphatic carbocycles. The Hall–Kier alpha value is -0.606. The van der Waals surface area contributed by atoms with Gasteiger partial charge in [-0.25, -0.2) is 0 Å². The molecule has 3 fully saturated rings. The van der Waals surface area contributed by atoms with Crippen LogP contribution in [-0.4, -0.2) is 86.4 Å². The molecule has 8 nitrogen and oxygen atoms in total. The van der Waals surface area contributed by atoms with Gasteiger partial charge in [0.15, 0.2) is 22.2 Å². The minimum Gasteiger partial charge on any atom is -0.472 e. The molecule has 4 rings (SSSR count). The summed E-state index contributed by atoms with van der Waals surface area (Å²) in [6, 6.07) is 5.63. The van der Waals surface area contributed by atoms with Gasteiger partial charge in [0.1, 0.15) is 23.6 Å². The molecule has 2 saturated carbocycles. The van der Waals surface area contributed by atoms with Gasteiger partial charge in [-0.3, -0.25) is 9.59 Å². The van der Waals surface area contributed by atoms with E-state index in [9.17, 15) is 9.90 Å². The van der Waals surface area contributed by atoms with Gasteiger partial charge in [-0.05, 0) is 74.2 Å². The van der Waals surface area contributed by atoms with E-state index in [1.165, 1.54) is 18.7 Å². The molecule has 0 aromatic rings. The molecule has 2 bridgehead atoms. The molecule has 0 radical (unpaired) electrons. The lowest BCUT2D eigenvalue weighted by atomic mass is 9.45. The Morgan fingerprint density at radius 3 is 2.00 bits per heavy atom. The van der Waals surface area contributed by atoms with E-state index >= 15 is 4.79 Å². The topological polar surface area (TPSA) is 101 Å². The van der Waals surface area contributed by atoms with Crippen molar-refractivity contribution in [3.63, 3.8) is 0 Å². The van der Waals surface area contributed by atoms with E-state index in [4.69, 9.17) is 35.3 Å². The highest BCUT2D eigenvalue weighted by molar-refractivity contribution is 8.22. The number of fused-ring (bicyclic) bond motifs is 5. The van der Waals surface area contributed by atoms with Gasteiger partial charge in [0.2, 0.25) is 4.38 Å². The Bertz CT molecular complexity index is 1270. The lowest BCUT2D eigenvalue weighted by Crippen LogP contribution is -2.81. The van der Waals surface area contributed by atoms with E-state index in [0.29, 0.717) is 6.42 Å². The van der Waals surface area contributed by atoms with Crippen LogP contribution in [0, 0.1) is 16.7 Å². The summed E-state index contributed by atoms with van der Waals surface area (Å²) in [6.07, 6.45) is 0.267.